The van der Waals surface area contributed by atoms with Gasteiger partial charge in [0.25, 0.3) is 0 Å². The minimum atomic E-state index is -0.293. The Balaban J connectivity index is 2.20. The predicted octanol–water partition coefficient (Wildman–Crippen LogP) is 2.73. The highest BCUT2D eigenvalue weighted by atomic mass is 19.1. The van der Waals surface area contributed by atoms with E-state index >= 15 is 0 Å². The zero-order chi connectivity index (χ0) is 13.8. The summed E-state index contributed by atoms with van der Waals surface area (Å²) in [6.45, 7) is 4.91. The Kier molecular flexibility index (Phi) is 4.00. The molecule has 0 saturated carbocycles. The average molecular weight is 262 g/mol. The number of aryl methyl sites for hydroxylation is 1. The van der Waals surface area contributed by atoms with E-state index in [1.807, 2.05) is 18.4 Å². The molecule has 0 unspecified atom stereocenters. The van der Waals surface area contributed by atoms with Crippen molar-refractivity contribution in [3.05, 3.63) is 53.6 Å². The fourth-order valence-electron chi connectivity index (χ4n) is 1.97. The standard InChI is InChI=1S/C15H16FNO2/c1-3-17-8-7-14(18)15(11(17)2)19-10-12-5-4-6-13(16)9-12/h4-9H,3,10H2,1-2H3/p+1. The molecule has 1 aromatic carbocycles. The van der Waals surface area contributed by atoms with Crippen molar-refractivity contribution in [1.82, 2.24) is 0 Å². The minimum absolute atomic E-state index is 0.0959. The van der Waals surface area contributed by atoms with Crippen LogP contribution >= 0.6 is 0 Å². The molecule has 0 bridgehead atoms. The van der Waals surface area contributed by atoms with E-state index in [0.717, 1.165) is 17.8 Å². The maximum absolute atomic E-state index is 13.1. The van der Waals surface area contributed by atoms with Gasteiger partial charge in [0.15, 0.2) is 11.9 Å². The van der Waals surface area contributed by atoms with E-state index in [1.54, 1.807) is 24.4 Å². The third-order valence-corrected chi connectivity index (χ3v) is 3.02. The molecule has 0 aliphatic carbocycles. The molecule has 0 saturated heterocycles. The summed E-state index contributed by atoms with van der Waals surface area (Å²) in [6.07, 6.45) is 1.81. The van der Waals surface area contributed by atoms with Crippen LogP contribution in [-0.2, 0) is 13.2 Å². The average Bonchev–Trinajstić information content (AvgIpc) is 2.39. The second-order valence-electron chi connectivity index (χ2n) is 4.32. The van der Waals surface area contributed by atoms with Crippen LogP contribution in [0.25, 0.3) is 0 Å². The molecule has 4 heteroatoms. The summed E-state index contributed by atoms with van der Waals surface area (Å²) in [5.74, 6) is 0.242. The lowest BCUT2D eigenvalue weighted by Crippen LogP contribution is -2.35. The second-order valence-corrected chi connectivity index (χ2v) is 4.32. The van der Waals surface area contributed by atoms with Gasteiger partial charge in [0, 0.05) is 13.0 Å². The number of hydrogen-bond acceptors (Lipinski definition) is 2. The van der Waals surface area contributed by atoms with Crippen LogP contribution in [0.5, 0.6) is 11.5 Å². The molecule has 2 rings (SSSR count). The SMILES string of the molecule is CC[n+]1ccc(O)c(OCc2cccc(F)c2)c1C. The zero-order valence-electron chi connectivity index (χ0n) is 11.1. The van der Waals surface area contributed by atoms with Crippen LogP contribution in [0.15, 0.2) is 36.5 Å². The molecule has 0 aliphatic heterocycles. The van der Waals surface area contributed by atoms with Gasteiger partial charge in [-0.05, 0) is 24.6 Å². The zero-order valence-corrected chi connectivity index (χ0v) is 11.1. The van der Waals surface area contributed by atoms with Crippen LogP contribution in [0.2, 0.25) is 0 Å². The Labute approximate surface area is 111 Å². The lowest BCUT2D eigenvalue weighted by molar-refractivity contribution is -0.699. The molecule has 19 heavy (non-hydrogen) atoms. The van der Waals surface area contributed by atoms with Gasteiger partial charge in [0.05, 0.1) is 0 Å². The van der Waals surface area contributed by atoms with Crippen molar-refractivity contribution in [2.24, 2.45) is 0 Å². The first-order chi connectivity index (χ1) is 9.11. The predicted molar refractivity (Wildman–Crippen MR) is 69.4 cm³/mol. The third-order valence-electron chi connectivity index (χ3n) is 3.02. The molecular weight excluding hydrogens is 245 g/mol. The number of halogens is 1. The summed E-state index contributed by atoms with van der Waals surface area (Å²) in [7, 11) is 0. The molecule has 0 amide bonds. The molecule has 1 heterocycles. The number of ether oxygens (including phenoxy) is 1. The molecule has 0 aliphatic rings. The topological polar surface area (TPSA) is 33.3 Å². The number of aromatic nitrogens is 1. The number of aromatic hydroxyl groups is 1. The molecule has 1 aromatic heterocycles. The molecule has 0 fully saturated rings. The molecule has 0 spiro atoms. The normalized spacial score (nSPS) is 10.5. The minimum Gasteiger partial charge on any atom is -0.504 e. The van der Waals surface area contributed by atoms with E-state index in [2.05, 4.69) is 0 Å². The third kappa shape index (κ3) is 3.02. The summed E-state index contributed by atoms with van der Waals surface area (Å²) in [5, 5.41) is 9.83. The van der Waals surface area contributed by atoms with Crippen molar-refractivity contribution >= 4 is 0 Å². The number of rotatable bonds is 4. The quantitative estimate of drug-likeness (QED) is 0.859. The van der Waals surface area contributed by atoms with Gasteiger partial charge in [-0.15, -0.1) is 0 Å². The van der Waals surface area contributed by atoms with Gasteiger partial charge in [0.1, 0.15) is 19.0 Å². The van der Waals surface area contributed by atoms with Gasteiger partial charge in [-0.1, -0.05) is 12.1 Å². The van der Waals surface area contributed by atoms with Gasteiger partial charge in [-0.2, -0.15) is 4.57 Å². The van der Waals surface area contributed by atoms with E-state index in [0.29, 0.717) is 5.75 Å². The van der Waals surface area contributed by atoms with E-state index in [9.17, 15) is 9.50 Å². The fraction of sp³-hybridized carbons (Fsp3) is 0.267. The summed E-state index contributed by atoms with van der Waals surface area (Å²) in [6, 6.07) is 7.82. The molecule has 2 aromatic rings. The van der Waals surface area contributed by atoms with Crippen LogP contribution in [0.4, 0.5) is 4.39 Å². The maximum Gasteiger partial charge on any atom is 0.229 e. The van der Waals surface area contributed by atoms with Crippen molar-refractivity contribution in [2.75, 3.05) is 0 Å². The number of nitrogens with zero attached hydrogens (tertiary/aromatic N) is 1. The number of benzene rings is 1. The second kappa shape index (κ2) is 5.69. The van der Waals surface area contributed by atoms with Crippen LogP contribution < -0.4 is 9.30 Å². The van der Waals surface area contributed by atoms with Crippen molar-refractivity contribution in [3.8, 4) is 11.5 Å². The van der Waals surface area contributed by atoms with Crippen LogP contribution in [0.1, 0.15) is 18.2 Å². The molecule has 1 N–H and O–H groups in total. The van der Waals surface area contributed by atoms with Crippen LogP contribution in [0.3, 0.4) is 0 Å². The first-order valence-electron chi connectivity index (χ1n) is 6.21. The Morgan fingerprint density at radius 3 is 2.79 bits per heavy atom. The van der Waals surface area contributed by atoms with Crippen molar-refractivity contribution in [2.45, 2.75) is 27.0 Å². The Hall–Kier alpha value is -2.10. The largest absolute Gasteiger partial charge is 0.504 e. The lowest BCUT2D eigenvalue weighted by Gasteiger charge is -2.09. The molecule has 3 nitrogen and oxygen atoms in total. The summed E-state index contributed by atoms with van der Waals surface area (Å²) in [4.78, 5) is 0. The summed E-state index contributed by atoms with van der Waals surface area (Å²) < 4.78 is 20.6. The highest BCUT2D eigenvalue weighted by Crippen LogP contribution is 2.27. The van der Waals surface area contributed by atoms with E-state index < -0.39 is 0 Å². The van der Waals surface area contributed by atoms with Gasteiger partial charge in [-0.3, -0.25) is 0 Å². The van der Waals surface area contributed by atoms with Gasteiger partial charge < -0.3 is 9.84 Å². The van der Waals surface area contributed by atoms with Crippen LogP contribution in [0, 0.1) is 12.7 Å². The molecule has 0 atom stereocenters. The van der Waals surface area contributed by atoms with Crippen molar-refractivity contribution < 1.29 is 18.8 Å². The Bertz CT molecular complexity index is 584. The summed E-state index contributed by atoms with van der Waals surface area (Å²) in [5.41, 5.74) is 1.57. The summed E-state index contributed by atoms with van der Waals surface area (Å²) >= 11 is 0. The van der Waals surface area contributed by atoms with Crippen LogP contribution in [-0.4, -0.2) is 5.11 Å². The highest BCUT2D eigenvalue weighted by molar-refractivity contribution is 5.38. The van der Waals surface area contributed by atoms with Crippen molar-refractivity contribution in [3.63, 3.8) is 0 Å². The van der Waals surface area contributed by atoms with E-state index in [-0.39, 0.29) is 18.2 Å². The molecule has 100 valence electrons. The first-order valence-corrected chi connectivity index (χ1v) is 6.21. The monoisotopic (exact) mass is 262 g/mol. The molecule has 0 radical (unpaired) electrons. The first kappa shape index (κ1) is 13.3. The van der Waals surface area contributed by atoms with E-state index in [1.165, 1.54) is 12.1 Å². The van der Waals surface area contributed by atoms with Crippen molar-refractivity contribution in [1.29, 1.82) is 0 Å². The Morgan fingerprint density at radius 2 is 2.11 bits per heavy atom. The van der Waals surface area contributed by atoms with Gasteiger partial charge in [0.2, 0.25) is 11.4 Å². The Morgan fingerprint density at radius 1 is 1.32 bits per heavy atom. The number of hydrogen-bond donors (Lipinski definition) is 1. The van der Waals surface area contributed by atoms with Gasteiger partial charge >= 0.3 is 0 Å². The number of pyridine rings is 1. The molecular formula is C15H17FNO2+. The smallest absolute Gasteiger partial charge is 0.229 e. The lowest BCUT2D eigenvalue weighted by atomic mass is 10.2. The highest BCUT2D eigenvalue weighted by Gasteiger charge is 2.16. The fourth-order valence-corrected chi connectivity index (χ4v) is 1.97. The van der Waals surface area contributed by atoms with E-state index in [4.69, 9.17) is 4.74 Å². The van der Waals surface area contributed by atoms with Gasteiger partial charge in [-0.25, -0.2) is 4.39 Å². The maximum atomic E-state index is 13.1.